The first-order valence-corrected chi connectivity index (χ1v) is 7.50. The van der Waals surface area contributed by atoms with Crippen molar-refractivity contribution in [2.45, 2.75) is 26.2 Å². The molecule has 0 bridgehead atoms. The number of aryl methyl sites for hydroxylation is 1. The summed E-state index contributed by atoms with van der Waals surface area (Å²) in [6.07, 6.45) is 3.50. The van der Waals surface area contributed by atoms with E-state index in [0.717, 1.165) is 24.0 Å². The van der Waals surface area contributed by atoms with Crippen LogP contribution in [0.15, 0.2) is 47.6 Å². The van der Waals surface area contributed by atoms with Crippen molar-refractivity contribution >= 4 is 12.1 Å². The topological polar surface area (TPSA) is 81.9 Å². The van der Waals surface area contributed by atoms with Crippen molar-refractivity contribution in [1.29, 1.82) is 0 Å². The number of phenolic OH excluding ortho intramolecular Hbond substituents is 2. The van der Waals surface area contributed by atoms with Gasteiger partial charge in [0, 0.05) is 0 Å². The highest BCUT2D eigenvalue weighted by molar-refractivity contribution is 5.84. The third-order valence-electron chi connectivity index (χ3n) is 3.31. The molecule has 0 aromatic heterocycles. The summed E-state index contributed by atoms with van der Waals surface area (Å²) in [6.45, 7) is 2.06. The van der Waals surface area contributed by atoms with E-state index >= 15 is 0 Å². The van der Waals surface area contributed by atoms with Gasteiger partial charge in [0.1, 0.15) is 11.5 Å². The fourth-order valence-electron chi connectivity index (χ4n) is 2.27. The van der Waals surface area contributed by atoms with Gasteiger partial charge in [0.15, 0.2) is 0 Å². The fraction of sp³-hybridized carbons (Fsp3) is 0.222. The molecule has 2 rings (SSSR count). The average molecular weight is 312 g/mol. The van der Waals surface area contributed by atoms with Crippen LogP contribution in [-0.4, -0.2) is 22.3 Å². The summed E-state index contributed by atoms with van der Waals surface area (Å²) in [5.41, 5.74) is 5.03. The van der Waals surface area contributed by atoms with E-state index in [9.17, 15) is 15.0 Å². The van der Waals surface area contributed by atoms with Gasteiger partial charge in [0.05, 0.1) is 12.6 Å². The van der Waals surface area contributed by atoms with Crippen LogP contribution in [0.4, 0.5) is 0 Å². The second kappa shape index (κ2) is 7.98. The van der Waals surface area contributed by atoms with Gasteiger partial charge in [-0.25, -0.2) is 5.43 Å². The lowest BCUT2D eigenvalue weighted by atomic mass is 10.0. The minimum atomic E-state index is -0.261. The molecule has 5 nitrogen and oxygen atoms in total. The van der Waals surface area contributed by atoms with Gasteiger partial charge < -0.3 is 10.2 Å². The van der Waals surface area contributed by atoms with E-state index in [0.29, 0.717) is 5.56 Å². The largest absolute Gasteiger partial charge is 0.508 e. The van der Waals surface area contributed by atoms with Crippen LogP contribution in [0.25, 0.3) is 0 Å². The van der Waals surface area contributed by atoms with Crippen molar-refractivity contribution in [3.63, 3.8) is 0 Å². The van der Waals surface area contributed by atoms with Crippen LogP contribution in [0.2, 0.25) is 0 Å². The molecule has 2 aromatic carbocycles. The SMILES string of the molecule is CCCc1cc(O)ccc1/C=N/NC(=O)Cc1cccc(O)c1. The Kier molecular flexibility index (Phi) is 5.74. The summed E-state index contributed by atoms with van der Waals surface area (Å²) < 4.78 is 0. The van der Waals surface area contributed by atoms with Crippen molar-refractivity contribution in [3.05, 3.63) is 59.2 Å². The minimum Gasteiger partial charge on any atom is -0.508 e. The number of carbonyl (C=O) groups is 1. The van der Waals surface area contributed by atoms with Crippen LogP contribution in [0.3, 0.4) is 0 Å². The minimum absolute atomic E-state index is 0.132. The highest BCUT2D eigenvalue weighted by atomic mass is 16.3. The van der Waals surface area contributed by atoms with Crippen molar-refractivity contribution in [2.24, 2.45) is 5.10 Å². The standard InChI is InChI=1S/C18H20N2O3/c1-2-4-14-11-17(22)8-7-15(14)12-19-20-18(23)10-13-5-3-6-16(21)9-13/h3,5-9,11-12,21-22H,2,4,10H2,1H3,(H,20,23)/b19-12+. The molecule has 0 aliphatic heterocycles. The molecule has 0 unspecified atom stereocenters. The first-order valence-electron chi connectivity index (χ1n) is 7.50. The molecule has 0 saturated carbocycles. The molecule has 1 amide bonds. The molecule has 0 saturated heterocycles. The molecule has 0 aliphatic carbocycles. The number of phenols is 2. The van der Waals surface area contributed by atoms with E-state index in [1.807, 2.05) is 0 Å². The fourth-order valence-corrected chi connectivity index (χ4v) is 2.27. The summed E-state index contributed by atoms with van der Waals surface area (Å²) in [5, 5.41) is 22.9. The predicted molar refractivity (Wildman–Crippen MR) is 89.6 cm³/mol. The van der Waals surface area contributed by atoms with Crippen molar-refractivity contribution in [2.75, 3.05) is 0 Å². The van der Waals surface area contributed by atoms with Crippen molar-refractivity contribution < 1.29 is 15.0 Å². The molecule has 0 fully saturated rings. The maximum absolute atomic E-state index is 11.8. The monoisotopic (exact) mass is 312 g/mol. The van der Waals surface area contributed by atoms with Gasteiger partial charge in [-0.05, 0) is 53.4 Å². The first kappa shape index (κ1) is 16.5. The number of benzene rings is 2. The molecule has 0 aliphatic rings. The van der Waals surface area contributed by atoms with E-state index in [1.165, 1.54) is 0 Å². The van der Waals surface area contributed by atoms with Crippen molar-refractivity contribution in [3.8, 4) is 11.5 Å². The summed E-state index contributed by atoms with van der Waals surface area (Å²) in [6, 6.07) is 11.6. The number of hydrazone groups is 1. The maximum Gasteiger partial charge on any atom is 0.244 e. The number of hydrogen-bond donors (Lipinski definition) is 3. The van der Waals surface area contributed by atoms with Gasteiger partial charge in [0.25, 0.3) is 0 Å². The molecule has 0 heterocycles. The van der Waals surface area contributed by atoms with E-state index in [-0.39, 0.29) is 23.8 Å². The Balaban J connectivity index is 1.97. The van der Waals surface area contributed by atoms with Gasteiger partial charge in [-0.15, -0.1) is 0 Å². The van der Waals surface area contributed by atoms with Gasteiger partial charge in [-0.2, -0.15) is 5.10 Å². The smallest absolute Gasteiger partial charge is 0.244 e. The second-order valence-corrected chi connectivity index (χ2v) is 5.27. The van der Waals surface area contributed by atoms with Crippen LogP contribution in [0, 0.1) is 0 Å². The highest BCUT2D eigenvalue weighted by Crippen LogP contribution is 2.17. The van der Waals surface area contributed by atoms with Crippen LogP contribution in [0.1, 0.15) is 30.0 Å². The van der Waals surface area contributed by atoms with Crippen LogP contribution < -0.4 is 5.43 Å². The second-order valence-electron chi connectivity index (χ2n) is 5.27. The number of nitrogens with one attached hydrogen (secondary N) is 1. The number of amides is 1. The van der Waals surface area contributed by atoms with Crippen LogP contribution in [-0.2, 0) is 17.6 Å². The zero-order valence-corrected chi connectivity index (χ0v) is 13.0. The summed E-state index contributed by atoms with van der Waals surface area (Å²) in [4.78, 5) is 11.8. The third-order valence-corrected chi connectivity index (χ3v) is 3.31. The normalized spacial score (nSPS) is 10.8. The Hall–Kier alpha value is -2.82. The third kappa shape index (κ3) is 5.14. The van der Waals surface area contributed by atoms with Crippen molar-refractivity contribution in [1.82, 2.24) is 5.43 Å². The molecule has 0 atom stereocenters. The quantitative estimate of drug-likeness (QED) is 0.566. The molecule has 0 spiro atoms. The van der Waals surface area contributed by atoms with Crippen LogP contribution in [0.5, 0.6) is 11.5 Å². The Labute approximate surface area is 135 Å². The predicted octanol–water partition coefficient (Wildman–Crippen LogP) is 2.74. The molecule has 3 N–H and O–H groups in total. The molecule has 0 radical (unpaired) electrons. The molecular weight excluding hydrogens is 292 g/mol. The lowest BCUT2D eigenvalue weighted by Gasteiger charge is -2.05. The zero-order valence-electron chi connectivity index (χ0n) is 13.0. The van der Waals surface area contributed by atoms with Crippen LogP contribution >= 0.6 is 0 Å². The molecular formula is C18H20N2O3. The van der Waals surface area contributed by atoms with Gasteiger partial charge in [-0.3, -0.25) is 4.79 Å². The summed E-state index contributed by atoms with van der Waals surface area (Å²) in [7, 11) is 0. The Morgan fingerprint density at radius 3 is 2.70 bits per heavy atom. The molecule has 23 heavy (non-hydrogen) atoms. The Bertz CT molecular complexity index is 711. The van der Waals surface area contributed by atoms with Gasteiger partial charge in [-0.1, -0.05) is 25.5 Å². The molecule has 5 heteroatoms. The molecule has 2 aromatic rings. The zero-order chi connectivity index (χ0) is 16.7. The summed E-state index contributed by atoms with van der Waals surface area (Å²) in [5.74, 6) is 0.0910. The number of rotatable bonds is 6. The highest BCUT2D eigenvalue weighted by Gasteiger charge is 2.04. The van der Waals surface area contributed by atoms with E-state index < -0.39 is 0 Å². The molecule has 120 valence electrons. The van der Waals surface area contributed by atoms with E-state index in [2.05, 4.69) is 17.5 Å². The van der Waals surface area contributed by atoms with Gasteiger partial charge in [0.2, 0.25) is 5.91 Å². The maximum atomic E-state index is 11.8. The van der Waals surface area contributed by atoms with Gasteiger partial charge >= 0.3 is 0 Å². The number of nitrogens with zero attached hydrogens (tertiary/aromatic N) is 1. The van der Waals surface area contributed by atoms with E-state index in [1.54, 1.807) is 48.7 Å². The summed E-state index contributed by atoms with van der Waals surface area (Å²) >= 11 is 0. The Morgan fingerprint density at radius 1 is 1.17 bits per heavy atom. The number of carbonyl (C=O) groups excluding carboxylic acids is 1. The van der Waals surface area contributed by atoms with E-state index in [4.69, 9.17) is 0 Å². The average Bonchev–Trinajstić information content (AvgIpc) is 2.50. The number of hydrogen-bond acceptors (Lipinski definition) is 4. The lowest BCUT2D eigenvalue weighted by molar-refractivity contribution is -0.120. The number of aromatic hydroxyl groups is 2. The lowest BCUT2D eigenvalue weighted by Crippen LogP contribution is -2.19. The first-order chi connectivity index (χ1) is 11.1. The Morgan fingerprint density at radius 2 is 1.96 bits per heavy atom.